The zero-order chi connectivity index (χ0) is 11.5. The molecule has 0 aromatic carbocycles. The van der Waals surface area contributed by atoms with Crippen LogP contribution >= 0.6 is 0 Å². The van der Waals surface area contributed by atoms with Crippen LogP contribution in [-0.2, 0) is 14.0 Å². The lowest BCUT2D eigenvalue weighted by atomic mass is 10.7. The number of rotatable bonds is 3. The van der Waals surface area contributed by atoms with Gasteiger partial charge in [-0.15, -0.1) is 0 Å². The van der Waals surface area contributed by atoms with Crippen molar-refractivity contribution < 1.29 is 14.0 Å². The lowest BCUT2D eigenvalue weighted by molar-refractivity contribution is -0.127. The summed E-state index contributed by atoms with van der Waals surface area (Å²) in [6.07, 6.45) is 0. The van der Waals surface area contributed by atoms with E-state index in [0.29, 0.717) is 0 Å². The maximum absolute atomic E-state index is 11.2. The van der Waals surface area contributed by atoms with E-state index in [1.54, 1.807) is 20.6 Å². The van der Waals surface area contributed by atoms with Gasteiger partial charge in [0.1, 0.15) is 0 Å². The molecule has 0 fully saturated rings. The van der Waals surface area contributed by atoms with E-state index in [0.717, 1.165) is 0 Å². The van der Waals surface area contributed by atoms with E-state index in [4.69, 9.17) is 4.43 Å². The number of carbonyl (C=O) groups excluding carboxylic acids is 2. The van der Waals surface area contributed by atoms with Gasteiger partial charge in [-0.2, -0.15) is 0 Å². The SMILES string of the molecule is CO[Si](C)(N(C)C(C)=O)N(C)C(C)=O. The van der Waals surface area contributed by atoms with Crippen LogP contribution in [0, 0.1) is 0 Å². The van der Waals surface area contributed by atoms with Gasteiger partial charge in [-0.3, -0.25) is 9.59 Å². The summed E-state index contributed by atoms with van der Waals surface area (Å²) in [5.41, 5.74) is 0. The van der Waals surface area contributed by atoms with Crippen LogP contribution in [-0.4, -0.2) is 50.8 Å². The van der Waals surface area contributed by atoms with E-state index < -0.39 is 8.64 Å². The molecule has 0 saturated carbocycles. The second-order valence-electron chi connectivity index (χ2n) is 3.29. The van der Waals surface area contributed by atoms with Crippen LogP contribution < -0.4 is 0 Å². The maximum Gasteiger partial charge on any atom is 0.419 e. The highest BCUT2D eigenvalue weighted by Crippen LogP contribution is 2.13. The van der Waals surface area contributed by atoms with Crippen molar-refractivity contribution in [2.75, 3.05) is 21.2 Å². The van der Waals surface area contributed by atoms with Gasteiger partial charge in [0.25, 0.3) is 0 Å². The average molecular weight is 218 g/mol. The van der Waals surface area contributed by atoms with Gasteiger partial charge in [-0.05, 0) is 6.55 Å². The fourth-order valence-corrected chi connectivity index (χ4v) is 3.25. The summed E-state index contributed by atoms with van der Waals surface area (Å²) in [6.45, 7) is 4.71. The molecule has 6 heteroatoms. The molecule has 0 aromatic heterocycles. The fourth-order valence-electron chi connectivity index (χ4n) is 1.08. The Balaban J connectivity index is 4.96. The predicted molar refractivity (Wildman–Crippen MR) is 55.5 cm³/mol. The summed E-state index contributed by atoms with van der Waals surface area (Å²) < 4.78 is 8.35. The molecule has 14 heavy (non-hydrogen) atoms. The molecular formula is C8H18N2O3Si. The van der Waals surface area contributed by atoms with Gasteiger partial charge < -0.3 is 13.6 Å². The van der Waals surface area contributed by atoms with Crippen LogP contribution in [0.2, 0.25) is 6.55 Å². The van der Waals surface area contributed by atoms with E-state index in [9.17, 15) is 9.59 Å². The first-order valence-corrected chi connectivity index (χ1v) is 6.61. The Kier molecular flexibility index (Phi) is 4.27. The first-order valence-electron chi connectivity index (χ1n) is 4.31. The third kappa shape index (κ3) is 2.33. The van der Waals surface area contributed by atoms with Crippen LogP contribution in [0.3, 0.4) is 0 Å². The molecule has 0 aromatic rings. The zero-order valence-corrected chi connectivity index (χ0v) is 10.6. The van der Waals surface area contributed by atoms with E-state index in [1.165, 1.54) is 30.1 Å². The maximum atomic E-state index is 11.2. The number of hydrogen-bond donors (Lipinski definition) is 0. The first kappa shape index (κ1) is 13.1. The van der Waals surface area contributed by atoms with E-state index in [2.05, 4.69) is 0 Å². The van der Waals surface area contributed by atoms with Crippen molar-refractivity contribution in [2.45, 2.75) is 20.4 Å². The van der Waals surface area contributed by atoms with Crippen molar-refractivity contribution in [3.63, 3.8) is 0 Å². The summed E-state index contributed by atoms with van der Waals surface area (Å²) in [6, 6.07) is 0. The molecule has 0 aliphatic heterocycles. The Labute approximate surface area is 85.9 Å². The van der Waals surface area contributed by atoms with E-state index in [-0.39, 0.29) is 11.8 Å². The minimum absolute atomic E-state index is 0.103. The molecule has 0 bridgehead atoms. The highest BCUT2D eigenvalue weighted by molar-refractivity contribution is 6.71. The summed E-state index contributed by atoms with van der Waals surface area (Å²) in [5, 5.41) is 0. The van der Waals surface area contributed by atoms with Crippen molar-refractivity contribution in [3.05, 3.63) is 0 Å². The molecule has 0 rings (SSSR count). The quantitative estimate of drug-likeness (QED) is 0.634. The lowest BCUT2D eigenvalue weighted by Crippen LogP contribution is -2.65. The van der Waals surface area contributed by atoms with Crippen molar-refractivity contribution in [1.29, 1.82) is 0 Å². The Bertz CT molecular complexity index is 225. The molecular weight excluding hydrogens is 200 g/mol. The van der Waals surface area contributed by atoms with Crippen molar-refractivity contribution in [3.8, 4) is 0 Å². The van der Waals surface area contributed by atoms with Crippen molar-refractivity contribution in [2.24, 2.45) is 0 Å². The summed E-state index contributed by atoms with van der Waals surface area (Å²) in [4.78, 5) is 22.4. The van der Waals surface area contributed by atoms with Gasteiger partial charge in [-0.1, -0.05) is 0 Å². The third-order valence-electron chi connectivity index (χ3n) is 2.58. The van der Waals surface area contributed by atoms with Gasteiger partial charge in [0.05, 0.1) is 0 Å². The predicted octanol–water partition coefficient (Wildman–Crippen LogP) is 0.158. The fraction of sp³-hybridized carbons (Fsp3) is 0.750. The third-order valence-corrected chi connectivity index (χ3v) is 6.47. The monoisotopic (exact) mass is 218 g/mol. The standard InChI is InChI=1S/C8H18N2O3Si/c1-7(11)9(3)14(6,13-5)10(4)8(2)12/h1-6H3. The summed E-state index contributed by atoms with van der Waals surface area (Å²) >= 11 is 0. The molecule has 0 aliphatic rings. The minimum atomic E-state index is -2.59. The number of hydrogen-bond acceptors (Lipinski definition) is 3. The van der Waals surface area contributed by atoms with E-state index >= 15 is 0 Å². The molecule has 0 radical (unpaired) electrons. The number of nitrogens with zero attached hydrogens (tertiary/aromatic N) is 2. The van der Waals surface area contributed by atoms with Crippen LogP contribution in [0.5, 0.6) is 0 Å². The highest BCUT2D eigenvalue weighted by Gasteiger charge is 2.42. The molecule has 82 valence electrons. The molecule has 0 saturated heterocycles. The Morgan fingerprint density at radius 2 is 1.36 bits per heavy atom. The van der Waals surface area contributed by atoms with Crippen LogP contribution in [0.1, 0.15) is 13.8 Å². The Morgan fingerprint density at radius 3 is 1.50 bits per heavy atom. The Morgan fingerprint density at radius 1 is 1.07 bits per heavy atom. The van der Waals surface area contributed by atoms with Gasteiger partial charge in [0.15, 0.2) is 0 Å². The lowest BCUT2D eigenvalue weighted by Gasteiger charge is -2.39. The molecule has 0 aliphatic carbocycles. The first-order chi connectivity index (χ1) is 6.27. The second-order valence-corrected chi connectivity index (χ2v) is 6.91. The summed E-state index contributed by atoms with van der Waals surface area (Å²) in [5.74, 6) is -0.205. The van der Waals surface area contributed by atoms with Crippen LogP contribution in [0.4, 0.5) is 0 Å². The Hall–Kier alpha value is -0.883. The topological polar surface area (TPSA) is 49.9 Å². The number of amides is 2. The smallest absolute Gasteiger partial charge is 0.386 e. The molecule has 0 unspecified atom stereocenters. The molecule has 0 heterocycles. The normalized spacial score (nSPS) is 11.0. The minimum Gasteiger partial charge on any atom is -0.386 e. The molecule has 0 atom stereocenters. The van der Waals surface area contributed by atoms with Crippen molar-refractivity contribution in [1.82, 2.24) is 9.13 Å². The van der Waals surface area contributed by atoms with Crippen LogP contribution in [0.15, 0.2) is 0 Å². The van der Waals surface area contributed by atoms with Crippen LogP contribution in [0.25, 0.3) is 0 Å². The zero-order valence-electron chi connectivity index (χ0n) is 9.62. The highest BCUT2D eigenvalue weighted by atomic mass is 28.4. The molecule has 2 amide bonds. The van der Waals surface area contributed by atoms with Gasteiger partial charge >= 0.3 is 8.64 Å². The molecule has 5 nitrogen and oxygen atoms in total. The number of carbonyl (C=O) groups is 2. The molecule has 0 N–H and O–H groups in total. The summed E-state index contributed by atoms with van der Waals surface area (Å²) in [7, 11) is 2.23. The van der Waals surface area contributed by atoms with Gasteiger partial charge in [-0.25, -0.2) is 0 Å². The van der Waals surface area contributed by atoms with Crippen molar-refractivity contribution >= 4 is 20.5 Å². The molecule has 0 spiro atoms. The van der Waals surface area contributed by atoms with Gasteiger partial charge in [0, 0.05) is 35.1 Å². The average Bonchev–Trinajstić information content (AvgIpc) is 2.13. The largest absolute Gasteiger partial charge is 0.419 e. The second kappa shape index (κ2) is 4.56. The van der Waals surface area contributed by atoms with Gasteiger partial charge in [0.2, 0.25) is 11.8 Å². The van der Waals surface area contributed by atoms with E-state index in [1.807, 2.05) is 0 Å².